The number of benzene rings is 1. The van der Waals surface area contributed by atoms with Crippen molar-refractivity contribution in [3.63, 3.8) is 0 Å². The fourth-order valence-corrected chi connectivity index (χ4v) is 3.65. The Morgan fingerprint density at radius 2 is 1.62 bits per heavy atom. The molecule has 1 heterocycles. The molecule has 21 heavy (non-hydrogen) atoms. The average molecular weight is 372 g/mol. The first-order valence-corrected chi connectivity index (χ1v) is 8.77. The van der Waals surface area contributed by atoms with Crippen molar-refractivity contribution in [2.45, 2.75) is 21.5 Å². The lowest BCUT2D eigenvalue weighted by Gasteiger charge is -2.16. The average Bonchev–Trinajstić information content (AvgIpc) is 2.92. The molecule has 0 radical (unpaired) electrons. The van der Waals surface area contributed by atoms with Crippen molar-refractivity contribution in [3.8, 4) is 0 Å². The second-order valence-corrected chi connectivity index (χ2v) is 8.81. The number of nitrogens with one attached hydrogen (secondary N) is 1. The monoisotopic (exact) mass is 370 g/mol. The maximum absolute atomic E-state index is 12.3. The Bertz CT molecular complexity index is 620. The van der Waals surface area contributed by atoms with Crippen LogP contribution in [-0.2, 0) is 14.8 Å². The fourth-order valence-electron chi connectivity index (χ4n) is 1.99. The van der Waals surface area contributed by atoms with Gasteiger partial charge in [-0.3, -0.25) is 4.79 Å². The minimum atomic E-state index is -3.47. The van der Waals surface area contributed by atoms with Crippen molar-refractivity contribution >= 4 is 56.4 Å². The predicted molar refractivity (Wildman–Crippen MR) is 83.4 cm³/mol. The Kier molecular flexibility index (Phi) is 5.05. The second-order valence-electron chi connectivity index (χ2n) is 4.59. The van der Waals surface area contributed by atoms with Gasteiger partial charge in [-0.05, 0) is 37.1 Å². The van der Waals surface area contributed by atoms with Gasteiger partial charge in [0.25, 0.3) is 9.70 Å². The Labute approximate surface area is 138 Å². The molecule has 1 fully saturated rings. The van der Waals surface area contributed by atoms with Gasteiger partial charge >= 0.3 is 0 Å². The van der Waals surface area contributed by atoms with Crippen molar-refractivity contribution in [1.82, 2.24) is 4.31 Å². The molecule has 0 atom stereocenters. The molecule has 1 aliphatic heterocycles. The molecule has 1 aromatic carbocycles. The first kappa shape index (κ1) is 16.8. The highest BCUT2D eigenvalue weighted by Gasteiger charge is 2.31. The highest BCUT2D eigenvalue weighted by molar-refractivity contribution is 7.89. The van der Waals surface area contributed by atoms with Gasteiger partial charge in [0.1, 0.15) is 0 Å². The number of hydrogen-bond acceptors (Lipinski definition) is 3. The van der Waals surface area contributed by atoms with Crippen molar-refractivity contribution in [2.24, 2.45) is 0 Å². The topological polar surface area (TPSA) is 66.5 Å². The number of alkyl halides is 3. The van der Waals surface area contributed by atoms with Gasteiger partial charge in [-0.15, -0.1) is 0 Å². The zero-order valence-electron chi connectivity index (χ0n) is 10.9. The van der Waals surface area contributed by atoms with E-state index in [9.17, 15) is 13.2 Å². The molecule has 1 aliphatic rings. The van der Waals surface area contributed by atoms with Crippen LogP contribution in [0, 0.1) is 0 Å². The zero-order valence-corrected chi connectivity index (χ0v) is 13.9. The number of sulfonamides is 1. The van der Waals surface area contributed by atoms with Crippen LogP contribution in [0.4, 0.5) is 5.69 Å². The number of carbonyl (C=O) groups is 1. The third-order valence-electron chi connectivity index (χ3n) is 3.07. The summed E-state index contributed by atoms with van der Waals surface area (Å²) in [5.74, 6) is -0.803. The van der Waals surface area contributed by atoms with E-state index >= 15 is 0 Å². The molecule has 116 valence electrons. The zero-order chi connectivity index (χ0) is 15.7. The molecule has 1 saturated heterocycles. The van der Waals surface area contributed by atoms with E-state index in [-0.39, 0.29) is 4.90 Å². The van der Waals surface area contributed by atoms with Gasteiger partial charge in [0.2, 0.25) is 10.0 Å². The Morgan fingerprint density at radius 3 is 2.10 bits per heavy atom. The van der Waals surface area contributed by atoms with Gasteiger partial charge in [-0.25, -0.2) is 8.42 Å². The summed E-state index contributed by atoms with van der Waals surface area (Å²) < 4.78 is 24.0. The molecule has 0 spiro atoms. The van der Waals surface area contributed by atoms with E-state index in [1.165, 1.54) is 28.6 Å². The number of amides is 1. The maximum atomic E-state index is 12.3. The van der Waals surface area contributed by atoms with Crippen LogP contribution >= 0.6 is 34.8 Å². The molecule has 0 aliphatic carbocycles. The summed E-state index contributed by atoms with van der Waals surface area (Å²) in [4.78, 5) is 11.7. The van der Waals surface area contributed by atoms with E-state index in [0.29, 0.717) is 18.8 Å². The molecular formula is C12H13Cl3N2O3S. The lowest BCUT2D eigenvalue weighted by Crippen LogP contribution is -2.28. The maximum Gasteiger partial charge on any atom is 0.276 e. The fraction of sp³-hybridized carbons (Fsp3) is 0.417. The first-order valence-electron chi connectivity index (χ1n) is 6.19. The summed E-state index contributed by atoms with van der Waals surface area (Å²) in [6.07, 6.45) is 1.74. The van der Waals surface area contributed by atoms with E-state index in [1.54, 1.807) is 0 Å². The van der Waals surface area contributed by atoms with Gasteiger partial charge < -0.3 is 5.32 Å². The molecule has 1 aromatic rings. The number of rotatable bonds is 3. The van der Waals surface area contributed by atoms with Crippen LogP contribution in [0.5, 0.6) is 0 Å². The number of anilines is 1. The Hall–Kier alpha value is -0.530. The van der Waals surface area contributed by atoms with Crippen molar-refractivity contribution < 1.29 is 13.2 Å². The summed E-state index contributed by atoms with van der Waals surface area (Å²) in [5, 5.41) is 2.39. The Morgan fingerprint density at radius 1 is 1.10 bits per heavy atom. The molecule has 9 heteroatoms. The highest BCUT2D eigenvalue weighted by atomic mass is 35.6. The van der Waals surface area contributed by atoms with Crippen molar-refractivity contribution in [1.29, 1.82) is 0 Å². The molecule has 5 nitrogen and oxygen atoms in total. The summed E-state index contributed by atoms with van der Waals surface area (Å²) in [7, 11) is -3.47. The molecule has 0 saturated carbocycles. The van der Waals surface area contributed by atoms with Crippen LogP contribution in [-0.4, -0.2) is 35.5 Å². The van der Waals surface area contributed by atoms with Crippen LogP contribution in [0.15, 0.2) is 29.2 Å². The van der Waals surface area contributed by atoms with Gasteiger partial charge in [-0.1, -0.05) is 34.8 Å². The molecular weight excluding hydrogens is 359 g/mol. The standard InChI is InChI=1S/C12H13Cl3N2O3S/c13-12(14,15)11(18)16-9-3-5-10(6-4-9)21(19,20)17-7-1-2-8-17/h3-6H,1-2,7-8H2,(H,16,18). The molecule has 1 N–H and O–H groups in total. The molecule has 0 aromatic heterocycles. The lowest BCUT2D eigenvalue weighted by molar-refractivity contribution is -0.115. The van der Waals surface area contributed by atoms with Crippen LogP contribution in [0.25, 0.3) is 0 Å². The first-order chi connectivity index (χ1) is 9.71. The SMILES string of the molecule is O=C(Nc1ccc(S(=O)(=O)N2CCCC2)cc1)C(Cl)(Cl)Cl. The van der Waals surface area contributed by atoms with E-state index in [2.05, 4.69) is 5.32 Å². The largest absolute Gasteiger partial charge is 0.322 e. The quantitative estimate of drug-likeness (QED) is 0.831. The van der Waals surface area contributed by atoms with Gasteiger partial charge in [0, 0.05) is 18.8 Å². The van der Waals surface area contributed by atoms with Gasteiger partial charge in [0.05, 0.1) is 4.90 Å². The van der Waals surface area contributed by atoms with Crippen molar-refractivity contribution in [3.05, 3.63) is 24.3 Å². The van der Waals surface area contributed by atoms with Crippen LogP contribution in [0.3, 0.4) is 0 Å². The summed E-state index contributed by atoms with van der Waals surface area (Å²) in [6, 6.07) is 5.75. The number of halogens is 3. The number of hydrogen-bond donors (Lipinski definition) is 1. The number of carbonyl (C=O) groups excluding carboxylic acids is 1. The van der Waals surface area contributed by atoms with E-state index < -0.39 is 19.7 Å². The third-order valence-corrected chi connectivity index (χ3v) is 5.50. The summed E-state index contributed by atoms with van der Waals surface area (Å²) >= 11 is 16.3. The van der Waals surface area contributed by atoms with E-state index in [4.69, 9.17) is 34.8 Å². The molecule has 2 rings (SSSR count). The van der Waals surface area contributed by atoms with Crippen molar-refractivity contribution in [2.75, 3.05) is 18.4 Å². The number of nitrogens with zero attached hydrogens (tertiary/aromatic N) is 1. The summed E-state index contributed by atoms with van der Waals surface area (Å²) in [6.45, 7) is 1.07. The minimum Gasteiger partial charge on any atom is -0.322 e. The van der Waals surface area contributed by atoms with Crippen LogP contribution in [0.1, 0.15) is 12.8 Å². The normalized spacial score (nSPS) is 16.9. The second kappa shape index (κ2) is 6.30. The van der Waals surface area contributed by atoms with Gasteiger partial charge in [0.15, 0.2) is 0 Å². The molecule has 0 bridgehead atoms. The Balaban J connectivity index is 2.14. The third kappa shape index (κ3) is 4.02. The van der Waals surface area contributed by atoms with E-state index in [0.717, 1.165) is 12.8 Å². The highest BCUT2D eigenvalue weighted by Crippen LogP contribution is 2.28. The lowest BCUT2D eigenvalue weighted by atomic mass is 10.3. The minimum absolute atomic E-state index is 0.177. The summed E-state index contributed by atoms with van der Waals surface area (Å²) in [5.41, 5.74) is 0.353. The molecule has 0 unspecified atom stereocenters. The van der Waals surface area contributed by atoms with Crippen LogP contribution < -0.4 is 5.32 Å². The van der Waals surface area contributed by atoms with Gasteiger partial charge in [-0.2, -0.15) is 4.31 Å². The predicted octanol–water partition coefficient (Wildman–Crippen LogP) is 2.78. The van der Waals surface area contributed by atoms with E-state index in [1.807, 2.05) is 0 Å². The smallest absolute Gasteiger partial charge is 0.276 e. The molecule has 1 amide bonds. The van der Waals surface area contributed by atoms with Crippen LogP contribution in [0.2, 0.25) is 0 Å².